The zero-order valence-electron chi connectivity index (χ0n) is 20.7. The highest BCUT2D eigenvalue weighted by molar-refractivity contribution is 9.10. The second-order valence-corrected chi connectivity index (χ2v) is 9.49. The predicted octanol–water partition coefficient (Wildman–Crippen LogP) is 4.55. The third-order valence-corrected chi connectivity index (χ3v) is 6.21. The average Bonchev–Trinajstić information content (AvgIpc) is 2.87. The molecule has 1 amide bonds. The fourth-order valence-electron chi connectivity index (χ4n) is 3.55. The van der Waals surface area contributed by atoms with Crippen LogP contribution < -0.4 is 25.5 Å². The number of hydrogen-bond donors (Lipinski definition) is 3. The van der Waals surface area contributed by atoms with Gasteiger partial charge in [-0.3, -0.25) is 4.79 Å². The van der Waals surface area contributed by atoms with E-state index in [4.69, 9.17) is 38.0 Å². The maximum Gasteiger partial charge on any atom is 0.338 e. The number of benzene rings is 2. The van der Waals surface area contributed by atoms with E-state index in [1.165, 1.54) is 6.21 Å². The fraction of sp³-hybridized carbons (Fsp3) is 0.231. The molecule has 2 aromatic rings. The normalized spacial score (nSPS) is 14.9. The maximum atomic E-state index is 12.7. The Balaban J connectivity index is 1.68. The standard InChI is InChI=1S/C26H26BrClN4O5S/c1-4-10-36-24-18(27)11-16(12-19(24)28)13-29-32-21(33)14-37-20-9-7-6-8-17(20)23-22(25(34)35-5-2)15(3)30-26(38)31-23/h4,6-9,11-13,23H,1,5,10,14H2,2-3H3,(H,32,33)(H2,30,31,38)/t23-/m1/s1. The SMILES string of the molecule is C=CCOc1c(Cl)cc(C=NNC(=O)COc2ccccc2[C@H]2NC(=S)NC(C)=C2C(=O)OCC)cc1Br. The molecule has 3 rings (SSSR count). The molecule has 38 heavy (non-hydrogen) atoms. The fourth-order valence-corrected chi connectivity index (χ4v) is 4.81. The van der Waals surface area contributed by atoms with Crippen molar-refractivity contribution in [1.29, 1.82) is 0 Å². The molecule has 0 saturated heterocycles. The average molecular weight is 622 g/mol. The topological polar surface area (TPSA) is 110 Å². The Bertz CT molecular complexity index is 1280. The minimum absolute atomic E-state index is 0.224. The summed E-state index contributed by atoms with van der Waals surface area (Å²) < 4.78 is 17.2. The van der Waals surface area contributed by atoms with Crippen LogP contribution in [0.5, 0.6) is 11.5 Å². The van der Waals surface area contributed by atoms with Gasteiger partial charge in [0, 0.05) is 11.3 Å². The number of carbonyl (C=O) groups excluding carboxylic acids is 2. The van der Waals surface area contributed by atoms with E-state index in [0.717, 1.165) is 0 Å². The summed E-state index contributed by atoms with van der Waals surface area (Å²) in [5, 5.41) is 10.7. The van der Waals surface area contributed by atoms with E-state index < -0.39 is 17.9 Å². The van der Waals surface area contributed by atoms with Crippen LogP contribution in [0, 0.1) is 0 Å². The van der Waals surface area contributed by atoms with Crippen LogP contribution in [-0.2, 0) is 14.3 Å². The van der Waals surface area contributed by atoms with E-state index in [1.807, 2.05) is 0 Å². The molecule has 3 N–H and O–H groups in total. The lowest BCUT2D eigenvalue weighted by atomic mass is 9.95. The summed E-state index contributed by atoms with van der Waals surface area (Å²) >= 11 is 15.0. The number of amides is 1. The second kappa shape index (κ2) is 13.9. The molecule has 0 aromatic heterocycles. The first kappa shape index (κ1) is 29.2. The maximum absolute atomic E-state index is 12.7. The Kier molecular flexibility index (Phi) is 10.7. The lowest BCUT2D eigenvalue weighted by Crippen LogP contribution is -2.45. The van der Waals surface area contributed by atoms with Crippen LogP contribution in [0.1, 0.15) is 31.0 Å². The van der Waals surface area contributed by atoms with E-state index in [2.05, 4.69) is 43.7 Å². The highest BCUT2D eigenvalue weighted by Crippen LogP contribution is 2.35. The first-order chi connectivity index (χ1) is 18.2. The molecule has 0 radical (unpaired) electrons. The van der Waals surface area contributed by atoms with Gasteiger partial charge < -0.3 is 24.8 Å². The van der Waals surface area contributed by atoms with Crippen LogP contribution in [0.4, 0.5) is 0 Å². The van der Waals surface area contributed by atoms with Gasteiger partial charge in [0.05, 0.1) is 33.9 Å². The van der Waals surface area contributed by atoms with Crippen molar-refractivity contribution in [3.63, 3.8) is 0 Å². The molecular weight excluding hydrogens is 596 g/mol. The number of allylic oxidation sites excluding steroid dienone is 1. The number of ether oxygens (including phenoxy) is 3. The summed E-state index contributed by atoms with van der Waals surface area (Å²) in [7, 11) is 0. The molecule has 1 aliphatic heterocycles. The van der Waals surface area contributed by atoms with Crippen LogP contribution in [0.3, 0.4) is 0 Å². The number of carbonyl (C=O) groups is 2. The van der Waals surface area contributed by atoms with Crippen molar-refractivity contribution in [2.24, 2.45) is 5.10 Å². The Hall–Kier alpha value is -3.41. The molecule has 1 atom stereocenters. The number of halogens is 2. The van der Waals surface area contributed by atoms with E-state index in [-0.39, 0.29) is 13.2 Å². The Morgan fingerprint density at radius 1 is 1.29 bits per heavy atom. The van der Waals surface area contributed by atoms with Crippen LogP contribution in [-0.4, -0.2) is 43.0 Å². The minimum atomic E-state index is -0.623. The van der Waals surface area contributed by atoms with Crippen LogP contribution >= 0.6 is 39.7 Å². The molecule has 0 fully saturated rings. The van der Waals surface area contributed by atoms with Crippen molar-refractivity contribution < 1.29 is 23.8 Å². The molecule has 12 heteroatoms. The molecular formula is C26H26BrClN4O5S. The van der Waals surface area contributed by atoms with Gasteiger partial charge in [-0.1, -0.05) is 42.5 Å². The van der Waals surface area contributed by atoms with Crippen molar-refractivity contribution in [1.82, 2.24) is 16.1 Å². The number of para-hydroxylation sites is 1. The number of nitrogens with one attached hydrogen (secondary N) is 3. The quantitative estimate of drug-likeness (QED) is 0.110. The molecule has 1 aliphatic rings. The molecule has 0 bridgehead atoms. The summed E-state index contributed by atoms with van der Waals surface area (Å²) in [6, 6.07) is 9.83. The first-order valence-electron chi connectivity index (χ1n) is 11.5. The van der Waals surface area contributed by atoms with Gasteiger partial charge in [-0.15, -0.1) is 0 Å². The van der Waals surface area contributed by atoms with E-state index in [9.17, 15) is 9.59 Å². The van der Waals surface area contributed by atoms with Gasteiger partial charge in [0.25, 0.3) is 5.91 Å². The van der Waals surface area contributed by atoms with Crippen LogP contribution in [0.2, 0.25) is 5.02 Å². The largest absolute Gasteiger partial charge is 0.487 e. The highest BCUT2D eigenvalue weighted by Gasteiger charge is 2.32. The van der Waals surface area contributed by atoms with Gasteiger partial charge in [-0.2, -0.15) is 5.10 Å². The van der Waals surface area contributed by atoms with Gasteiger partial charge in [0.15, 0.2) is 17.5 Å². The molecule has 0 aliphatic carbocycles. The molecule has 0 spiro atoms. The van der Waals surface area contributed by atoms with Crippen molar-refractivity contribution in [2.75, 3.05) is 19.8 Å². The number of thiocarbonyl (C=S) groups is 1. The summed E-state index contributed by atoms with van der Waals surface area (Å²) in [4.78, 5) is 25.1. The van der Waals surface area contributed by atoms with E-state index >= 15 is 0 Å². The monoisotopic (exact) mass is 620 g/mol. The number of nitrogens with zero attached hydrogens (tertiary/aromatic N) is 1. The Morgan fingerprint density at radius 2 is 2.05 bits per heavy atom. The van der Waals surface area contributed by atoms with Crippen molar-refractivity contribution in [3.05, 3.63) is 80.9 Å². The summed E-state index contributed by atoms with van der Waals surface area (Å²) in [6.07, 6.45) is 3.06. The molecule has 200 valence electrons. The van der Waals surface area contributed by atoms with Crippen molar-refractivity contribution in [2.45, 2.75) is 19.9 Å². The van der Waals surface area contributed by atoms with Gasteiger partial charge in [-0.25, -0.2) is 10.2 Å². The summed E-state index contributed by atoms with van der Waals surface area (Å²) in [6.45, 7) is 7.30. The number of hydrazone groups is 1. The number of rotatable bonds is 11. The van der Waals surface area contributed by atoms with E-state index in [0.29, 0.717) is 55.1 Å². The molecule has 0 saturated carbocycles. The van der Waals surface area contributed by atoms with E-state index in [1.54, 1.807) is 56.3 Å². The third-order valence-electron chi connectivity index (χ3n) is 5.12. The predicted molar refractivity (Wildman–Crippen MR) is 153 cm³/mol. The number of esters is 1. The third kappa shape index (κ3) is 7.56. The minimum Gasteiger partial charge on any atom is -0.487 e. The van der Waals surface area contributed by atoms with Gasteiger partial charge in [-0.05, 0) is 65.8 Å². The van der Waals surface area contributed by atoms with Gasteiger partial charge in [0.2, 0.25) is 0 Å². The summed E-state index contributed by atoms with van der Waals surface area (Å²) in [5.74, 6) is -0.0843. The first-order valence-corrected chi connectivity index (χ1v) is 13.0. The van der Waals surface area contributed by atoms with Crippen LogP contribution in [0.25, 0.3) is 0 Å². The molecule has 9 nitrogen and oxygen atoms in total. The molecule has 1 heterocycles. The lowest BCUT2D eigenvalue weighted by molar-refractivity contribution is -0.139. The highest BCUT2D eigenvalue weighted by atomic mass is 79.9. The second-order valence-electron chi connectivity index (χ2n) is 7.82. The molecule has 2 aromatic carbocycles. The summed E-state index contributed by atoms with van der Waals surface area (Å²) in [5.41, 5.74) is 4.62. The number of hydrogen-bond acceptors (Lipinski definition) is 7. The smallest absolute Gasteiger partial charge is 0.338 e. The lowest BCUT2D eigenvalue weighted by Gasteiger charge is -2.30. The van der Waals surface area contributed by atoms with Crippen molar-refractivity contribution >= 4 is 63.0 Å². The van der Waals surface area contributed by atoms with Gasteiger partial charge >= 0.3 is 5.97 Å². The molecule has 0 unspecified atom stereocenters. The van der Waals surface area contributed by atoms with Crippen molar-refractivity contribution in [3.8, 4) is 11.5 Å². The van der Waals surface area contributed by atoms with Gasteiger partial charge in [0.1, 0.15) is 12.4 Å². The van der Waals surface area contributed by atoms with Crippen LogP contribution in [0.15, 0.2) is 69.9 Å². The Morgan fingerprint density at radius 3 is 2.76 bits per heavy atom. The zero-order valence-corrected chi connectivity index (χ0v) is 23.8. The zero-order chi connectivity index (χ0) is 27.7. The Labute approximate surface area is 239 Å².